The second-order valence-electron chi connectivity index (χ2n) is 8.74. The molecule has 1 aromatic carbocycles. The van der Waals surface area contributed by atoms with Gasteiger partial charge in [-0.25, -0.2) is 8.42 Å². The largest absolute Gasteiger partial charge is 0.452 e. The maximum atomic E-state index is 13.3. The van der Waals surface area contributed by atoms with Crippen LogP contribution >= 0.6 is 0 Å². The van der Waals surface area contributed by atoms with Crippen LogP contribution in [0.2, 0.25) is 0 Å². The van der Waals surface area contributed by atoms with Gasteiger partial charge in [0.25, 0.3) is 5.91 Å². The molecule has 3 rings (SSSR count). The second-order valence-corrected chi connectivity index (χ2v) is 10.6. The van der Waals surface area contributed by atoms with E-state index in [1.165, 1.54) is 4.31 Å². The predicted octanol–water partition coefficient (Wildman–Crippen LogP) is 2.65. The zero-order valence-corrected chi connectivity index (χ0v) is 19.8. The number of hydrogen-bond donors (Lipinski definition) is 1. The van der Waals surface area contributed by atoms with Crippen LogP contribution in [0.4, 0.5) is 0 Å². The van der Waals surface area contributed by atoms with Gasteiger partial charge in [0.05, 0.1) is 11.4 Å². The minimum absolute atomic E-state index is 0.173. The lowest BCUT2D eigenvalue weighted by Gasteiger charge is -2.30. The van der Waals surface area contributed by atoms with Crippen LogP contribution in [0.1, 0.15) is 39.2 Å². The van der Waals surface area contributed by atoms with E-state index >= 15 is 0 Å². The highest BCUT2D eigenvalue weighted by molar-refractivity contribution is 7.89. The minimum atomic E-state index is -3.75. The standard InChI is InChI=1S/C23H31N3O5S/c1-15(2)13-25-22(27)17(4)31-23(28)18-8-10-26(11-9-18)32(29,30)20-7-5-6-19-12-16(3)14-24-21(19)20/h5-7,12,14-15,17-18H,8-11,13H2,1-4H3,(H,25,27)/t17-/m1/s1. The van der Waals surface area contributed by atoms with Crippen molar-refractivity contribution in [3.8, 4) is 0 Å². The summed E-state index contributed by atoms with van der Waals surface area (Å²) in [6.45, 7) is 8.34. The number of nitrogens with one attached hydrogen (secondary N) is 1. The number of hydrogen-bond acceptors (Lipinski definition) is 6. The van der Waals surface area contributed by atoms with Crippen LogP contribution in [0.25, 0.3) is 10.9 Å². The highest BCUT2D eigenvalue weighted by atomic mass is 32.2. The van der Waals surface area contributed by atoms with Crippen LogP contribution in [-0.4, -0.2) is 55.3 Å². The first kappa shape index (κ1) is 24.1. The number of rotatable bonds is 7. The average Bonchev–Trinajstić information content (AvgIpc) is 2.76. The molecule has 2 aromatic rings. The van der Waals surface area contributed by atoms with Crippen LogP contribution in [0.15, 0.2) is 35.4 Å². The lowest BCUT2D eigenvalue weighted by molar-refractivity contribution is -0.159. The number of carbonyl (C=O) groups excluding carboxylic acids is 2. The Labute approximate surface area is 189 Å². The van der Waals surface area contributed by atoms with E-state index in [2.05, 4.69) is 10.3 Å². The molecule has 32 heavy (non-hydrogen) atoms. The van der Waals surface area contributed by atoms with Gasteiger partial charge in [0.2, 0.25) is 10.0 Å². The molecular weight excluding hydrogens is 430 g/mol. The number of piperidine rings is 1. The number of esters is 1. The minimum Gasteiger partial charge on any atom is -0.452 e. The molecule has 0 saturated carbocycles. The highest BCUT2D eigenvalue weighted by Gasteiger charge is 2.34. The molecule has 0 unspecified atom stereocenters. The maximum absolute atomic E-state index is 13.3. The van der Waals surface area contributed by atoms with Crippen molar-refractivity contribution in [2.24, 2.45) is 11.8 Å². The number of benzene rings is 1. The molecule has 1 fully saturated rings. The second kappa shape index (κ2) is 9.95. The number of aryl methyl sites for hydroxylation is 1. The van der Waals surface area contributed by atoms with Crippen molar-refractivity contribution in [1.82, 2.24) is 14.6 Å². The topological polar surface area (TPSA) is 106 Å². The Morgan fingerprint density at radius 1 is 1.22 bits per heavy atom. The van der Waals surface area contributed by atoms with Crippen molar-refractivity contribution in [2.75, 3.05) is 19.6 Å². The molecule has 1 aromatic heterocycles. The highest BCUT2D eigenvalue weighted by Crippen LogP contribution is 2.28. The van der Waals surface area contributed by atoms with Gasteiger partial charge in [-0.05, 0) is 50.3 Å². The van der Waals surface area contributed by atoms with E-state index in [0.29, 0.717) is 30.8 Å². The number of sulfonamides is 1. The predicted molar refractivity (Wildman–Crippen MR) is 121 cm³/mol. The van der Waals surface area contributed by atoms with E-state index in [1.807, 2.05) is 32.9 Å². The number of fused-ring (bicyclic) bond motifs is 1. The van der Waals surface area contributed by atoms with Gasteiger partial charge in [0.1, 0.15) is 4.90 Å². The van der Waals surface area contributed by atoms with Crippen molar-refractivity contribution in [2.45, 2.75) is 51.5 Å². The van der Waals surface area contributed by atoms with E-state index in [1.54, 1.807) is 25.3 Å². The fraction of sp³-hybridized carbons (Fsp3) is 0.522. The number of pyridine rings is 1. The van der Waals surface area contributed by atoms with Gasteiger partial charge in [-0.2, -0.15) is 4.31 Å². The number of aromatic nitrogens is 1. The summed E-state index contributed by atoms with van der Waals surface area (Å²) in [5.41, 5.74) is 1.40. The molecule has 1 aliphatic rings. The summed E-state index contributed by atoms with van der Waals surface area (Å²) < 4.78 is 33.3. The normalized spacial score (nSPS) is 16.8. The van der Waals surface area contributed by atoms with Crippen LogP contribution in [-0.2, 0) is 24.3 Å². The molecule has 1 saturated heterocycles. The Bertz CT molecular complexity index is 1090. The molecule has 174 valence electrons. The number of carbonyl (C=O) groups is 2. The summed E-state index contributed by atoms with van der Waals surface area (Å²) >= 11 is 0. The Hall–Kier alpha value is -2.52. The van der Waals surface area contributed by atoms with Crippen LogP contribution < -0.4 is 5.32 Å². The van der Waals surface area contributed by atoms with Gasteiger partial charge in [-0.3, -0.25) is 14.6 Å². The molecule has 8 nitrogen and oxygen atoms in total. The van der Waals surface area contributed by atoms with E-state index < -0.39 is 28.0 Å². The zero-order valence-electron chi connectivity index (χ0n) is 19.0. The number of para-hydroxylation sites is 1. The molecule has 9 heteroatoms. The third-order valence-corrected chi connectivity index (χ3v) is 7.49. The first-order valence-electron chi connectivity index (χ1n) is 10.9. The third kappa shape index (κ3) is 5.45. The van der Waals surface area contributed by atoms with Crippen molar-refractivity contribution in [3.63, 3.8) is 0 Å². The fourth-order valence-electron chi connectivity index (χ4n) is 3.69. The third-order valence-electron chi connectivity index (χ3n) is 5.56. The lowest BCUT2D eigenvalue weighted by Crippen LogP contribution is -2.42. The summed E-state index contributed by atoms with van der Waals surface area (Å²) in [6.07, 6.45) is 1.46. The Morgan fingerprint density at radius 3 is 2.56 bits per heavy atom. The van der Waals surface area contributed by atoms with Gasteiger partial charge < -0.3 is 10.1 Å². The first-order valence-corrected chi connectivity index (χ1v) is 12.4. The van der Waals surface area contributed by atoms with Gasteiger partial charge >= 0.3 is 5.97 Å². The molecule has 2 heterocycles. The quantitative estimate of drug-likeness (QED) is 0.636. The molecule has 0 spiro atoms. The molecular formula is C23H31N3O5S. The Morgan fingerprint density at radius 2 is 1.91 bits per heavy atom. The summed E-state index contributed by atoms with van der Waals surface area (Å²) in [5.74, 6) is -0.925. The zero-order chi connectivity index (χ0) is 23.5. The van der Waals surface area contributed by atoms with Crippen LogP contribution in [0, 0.1) is 18.8 Å². The van der Waals surface area contributed by atoms with Gasteiger partial charge in [0, 0.05) is 31.2 Å². The molecule has 1 N–H and O–H groups in total. The smallest absolute Gasteiger partial charge is 0.309 e. The van der Waals surface area contributed by atoms with Crippen molar-refractivity contribution in [3.05, 3.63) is 36.0 Å². The molecule has 0 aliphatic carbocycles. The van der Waals surface area contributed by atoms with Crippen molar-refractivity contribution in [1.29, 1.82) is 0 Å². The van der Waals surface area contributed by atoms with Crippen molar-refractivity contribution < 1.29 is 22.7 Å². The number of nitrogens with zero attached hydrogens (tertiary/aromatic N) is 2. The van der Waals surface area contributed by atoms with Crippen LogP contribution in [0.5, 0.6) is 0 Å². The Balaban J connectivity index is 1.63. The molecule has 1 amide bonds. The maximum Gasteiger partial charge on any atom is 0.309 e. The summed E-state index contributed by atoms with van der Waals surface area (Å²) in [5, 5.41) is 3.52. The van der Waals surface area contributed by atoms with E-state index in [9.17, 15) is 18.0 Å². The number of amides is 1. The monoisotopic (exact) mass is 461 g/mol. The molecule has 1 aliphatic heterocycles. The van der Waals surface area contributed by atoms with Gasteiger partial charge in [-0.15, -0.1) is 0 Å². The van der Waals surface area contributed by atoms with E-state index in [0.717, 1.165) is 10.9 Å². The summed E-state index contributed by atoms with van der Waals surface area (Å²) in [4.78, 5) is 29.1. The van der Waals surface area contributed by atoms with Gasteiger partial charge in [-0.1, -0.05) is 26.0 Å². The van der Waals surface area contributed by atoms with Crippen LogP contribution in [0.3, 0.4) is 0 Å². The Kier molecular flexibility index (Phi) is 7.51. The lowest BCUT2D eigenvalue weighted by atomic mass is 9.98. The molecule has 1 atom stereocenters. The molecule has 0 radical (unpaired) electrons. The SMILES string of the molecule is Cc1cnc2c(S(=O)(=O)N3CCC(C(=O)O[C@H](C)C(=O)NCC(C)C)CC3)cccc2c1. The fourth-order valence-corrected chi connectivity index (χ4v) is 5.33. The number of ether oxygens (including phenoxy) is 1. The van der Waals surface area contributed by atoms with Gasteiger partial charge in [0.15, 0.2) is 6.10 Å². The summed E-state index contributed by atoms with van der Waals surface area (Å²) in [6, 6.07) is 7.03. The molecule has 0 bridgehead atoms. The summed E-state index contributed by atoms with van der Waals surface area (Å²) in [7, 11) is -3.75. The average molecular weight is 462 g/mol. The first-order chi connectivity index (χ1) is 15.1. The van der Waals surface area contributed by atoms with Crippen molar-refractivity contribution >= 4 is 32.8 Å². The van der Waals surface area contributed by atoms with E-state index in [-0.39, 0.29) is 23.9 Å². The van der Waals surface area contributed by atoms with E-state index in [4.69, 9.17) is 4.74 Å².